The van der Waals surface area contributed by atoms with Gasteiger partial charge in [0.2, 0.25) is 0 Å². The molecule has 0 atom stereocenters. The number of rotatable bonds is 3. The highest BCUT2D eigenvalue weighted by Crippen LogP contribution is 2.32. The molecule has 0 aromatic carbocycles. The van der Waals surface area contributed by atoms with Gasteiger partial charge in [0, 0.05) is 11.3 Å². The van der Waals surface area contributed by atoms with Gasteiger partial charge in [-0.2, -0.15) is 5.10 Å². The zero-order chi connectivity index (χ0) is 10.9. The molecule has 14 heavy (non-hydrogen) atoms. The smallest absolute Gasteiger partial charge is 0.118 e. The summed E-state index contributed by atoms with van der Waals surface area (Å²) < 4.78 is 2.01. The molecular formula is C10H19N3S. The lowest BCUT2D eigenvalue weighted by atomic mass is 10.4. The highest BCUT2D eigenvalue weighted by atomic mass is 32.2. The number of aryl methyl sites for hydroxylation is 1. The van der Waals surface area contributed by atoms with E-state index in [-0.39, 0.29) is 0 Å². The molecule has 0 bridgehead atoms. The van der Waals surface area contributed by atoms with E-state index in [1.54, 1.807) is 11.8 Å². The Hall–Kier alpha value is -0.640. The molecule has 0 aliphatic rings. The van der Waals surface area contributed by atoms with Crippen molar-refractivity contribution in [2.45, 2.75) is 50.9 Å². The molecule has 1 aromatic heterocycles. The SMILES string of the molecule is Cc1nn(C(C)C)c(SC(C)C)c1N. The van der Waals surface area contributed by atoms with Gasteiger partial charge >= 0.3 is 0 Å². The van der Waals surface area contributed by atoms with E-state index < -0.39 is 0 Å². The van der Waals surface area contributed by atoms with Crippen LogP contribution in [-0.2, 0) is 0 Å². The Morgan fingerprint density at radius 3 is 2.29 bits per heavy atom. The maximum absolute atomic E-state index is 5.99. The van der Waals surface area contributed by atoms with E-state index in [9.17, 15) is 0 Å². The van der Waals surface area contributed by atoms with Crippen molar-refractivity contribution >= 4 is 17.4 Å². The van der Waals surface area contributed by atoms with Gasteiger partial charge in [-0.25, -0.2) is 0 Å². The number of anilines is 1. The minimum absolute atomic E-state index is 0.368. The van der Waals surface area contributed by atoms with Crippen LogP contribution in [-0.4, -0.2) is 15.0 Å². The number of nitrogens with zero attached hydrogens (tertiary/aromatic N) is 2. The fraction of sp³-hybridized carbons (Fsp3) is 0.700. The van der Waals surface area contributed by atoms with Crippen LogP contribution in [0.4, 0.5) is 5.69 Å². The van der Waals surface area contributed by atoms with E-state index in [0.717, 1.165) is 16.4 Å². The van der Waals surface area contributed by atoms with Crippen molar-refractivity contribution in [2.24, 2.45) is 0 Å². The summed E-state index contributed by atoms with van der Waals surface area (Å²) in [6, 6.07) is 0.368. The molecule has 1 rings (SSSR count). The van der Waals surface area contributed by atoms with Crippen LogP contribution in [0.5, 0.6) is 0 Å². The molecule has 0 saturated heterocycles. The second-order valence-corrected chi connectivity index (χ2v) is 5.57. The molecule has 3 nitrogen and oxygen atoms in total. The number of hydrogen-bond acceptors (Lipinski definition) is 3. The zero-order valence-corrected chi connectivity index (χ0v) is 10.4. The lowest BCUT2D eigenvalue weighted by Crippen LogP contribution is -2.06. The number of aromatic nitrogens is 2. The van der Waals surface area contributed by atoms with Gasteiger partial charge in [0.05, 0.1) is 11.4 Å². The van der Waals surface area contributed by atoms with Gasteiger partial charge in [-0.15, -0.1) is 11.8 Å². The predicted molar refractivity (Wildman–Crippen MR) is 62.8 cm³/mol. The largest absolute Gasteiger partial charge is 0.395 e. The summed E-state index contributed by atoms with van der Waals surface area (Å²) in [6.07, 6.45) is 0. The van der Waals surface area contributed by atoms with Crippen molar-refractivity contribution in [2.75, 3.05) is 5.73 Å². The van der Waals surface area contributed by atoms with Crippen LogP contribution >= 0.6 is 11.8 Å². The predicted octanol–water partition coefficient (Wildman–Crippen LogP) is 2.86. The highest BCUT2D eigenvalue weighted by molar-refractivity contribution is 8.00. The minimum atomic E-state index is 0.368. The first-order valence-corrected chi connectivity index (χ1v) is 5.82. The van der Waals surface area contributed by atoms with Crippen LogP contribution in [0.15, 0.2) is 5.03 Å². The van der Waals surface area contributed by atoms with Gasteiger partial charge in [0.15, 0.2) is 0 Å². The molecule has 0 radical (unpaired) electrons. The monoisotopic (exact) mass is 213 g/mol. The molecule has 1 heterocycles. The maximum atomic E-state index is 5.99. The van der Waals surface area contributed by atoms with E-state index in [2.05, 4.69) is 32.8 Å². The van der Waals surface area contributed by atoms with Gasteiger partial charge in [0.25, 0.3) is 0 Å². The standard InChI is InChI=1S/C10H19N3S/c1-6(2)13-10(14-7(3)4)9(11)8(5)12-13/h6-7H,11H2,1-5H3. The normalized spacial score (nSPS) is 11.6. The molecule has 0 fully saturated rings. The Kier molecular flexibility index (Phi) is 3.48. The van der Waals surface area contributed by atoms with E-state index in [1.807, 2.05) is 11.6 Å². The van der Waals surface area contributed by atoms with Crippen molar-refractivity contribution in [3.63, 3.8) is 0 Å². The van der Waals surface area contributed by atoms with Crippen LogP contribution in [0.1, 0.15) is 39.4 Å². The van der Waals surface area contributed by atoms with E-state index in [1.165, 1.54) is 0 Å². The molecular weight excluding hydrogens is 194 g/mol. The molecule has 0 aliphatic heterocycles. The average molecular weight is 213 g/mol. The van der Waals surface area contributed by atoms with Crippen molar-refractivity contribution in [3.8, 4) is 0 Å². The number of nitrogen functional groups attached to an aromatic ring is 1. The molecule has 0 spiro atoms. The molecule has 4 heteroatoms. The van der Waals surface area contributed by atoms with Crippen LogP contribution in [0, 0.1) is 6.92 Å². The third kappa shape index (κ3) is 2.23. The van der Waals surface area contributed by atoms with Gasteiger partial charge in [-0.3, -0.25) is 4.68 Å². The summed E-state index contributed by atoms with van der Waals surface area (Å²) >= 11 is 1.78. The Labute approximate surface area is 90.1 Å². The zero-order valence-electron chi connectivity index (χ0n) is 9.53. The second kappa shape index (κ2) is 4.26. The first kappa shape index (κ1) is 11.4. The number of nitrogens with two attached hydrogens (primary N) is 1. The molecule has 0 aliphatic carbocycles. The van der Waals surface area contributed by atoms with Crippen molar-refractivity contribution in [3.05, 3.63) is 5.69 Å². The lowest BCUT2D eigenvalue weighted by Gasteiger charge is -2.12. The summed E-state index contributed by atoms with van der Waals surface area (Å²) in [4.78, 5) is 0. The van der Waals surface area contributed by atoms with Crippen molar-refractivity contribution < 1.29 is 0 Å². The fourth-order valence-electron chi connectivity index (χ4n) is 1.23. The molecule has 80 valence electrons. The topological polar surface area (TPSA) is 43.8 Å². The highest BCUT2D eigenvalue weighted by Gasteiger charge is 2.15. The quantitative estimate of drug-likeness (QED) is 0.785. The average Bonchev–Trinajstić information content (AvgIpc) is 2.32. The minimum Gasteiger partial charge on any atom is -0.395 e. The summed E-state index contributed by atoms with van der Waals surface area (Å²) in [5.74, 6) is 0. The Morgan fingerprint density at radius 1 is 1.29 bits per heavy atom. The first-order valence-electron chi connectivity index (χ1n) is 4.94. The molecule has 0 saturated carbocycles. The second-order valence-electron chi connectivity index (χ2n) is 4.01. The molecule has 2 N–H and O–H groups in total. The van der Waals surface area contributed by atoms with Crippen molar-refractivity contribution in [1.82, 2.24) is 9.78 Å². The van der Waals surface area contributed by atoms with Crippen LogP contribution in [0.2, 0.25) is 0 Å². The molecule has 1 aromatic rings. The van der Waals surface area contributed by atoms with E-state index in [4.69, 9.17) is 5.73 Å². The van der Waals surface area contributed by atoms with Gasteiger partial charge in [-0.05, 0) is 20.8 Å². The molecule has 0 unspecified atom stereocenters. The summed E-state index contributed by atoms with van der Waals surface area (Å²) in [6.45, 7) is 10.5. The Bertz CT molecular complexity index is 315. The third-order valence-electron chi connectivity index (χ3n) is 1.92. The van der Waals surface area contributed by atoms with E-state index >= 15 is 0 Å². The lowest BCUT2D eigenvalue weighted by molar-refractivity contribution is 0.491. The Morgan fingerprint density at radius 2 is 1.86 bits per heavy atom. The van der Waals surface area contributed by atoms with Crippen molar-refractivity contribution in [1.29, 1.82) is 0 Å². The Balaban J connectivity index is 3.10. The van der Waals surface area contributed by atoms with Gasteiger partial charge < -0.3 is 5.73 Å². The third-order valence-corrected chi connectivity index (χ3v) is 3.02. The van der Waals surface area contributed by atoms with Crippen LogP contribution in [0.25, 0.3) is 0 Å². The van der Waals surface area contributed by atoms with Gasteiger partial charge in [-0.1, -0.05) is 13.8 Å². The summed E-state index contributed by atoms with van der Waals surface area (Å²) in [5, 5.41) is 6.07. The number of thioether (sulfide) groups is 1. The summed E-state index contributed by atoms with van der Waals surface area (Å²) in [5.41, 5.74) is 7.75. The van der Waals surface area contributed by atoms with Gasteiger partial charge in [0.1, 0.15) is 5.03 Å². The van der Waals surface area contributed by atoms with E-state index in [0.29, 0.717) is 11.3 Å². The van der Waals surface area contributed by atoms with Crippen LogP contribution < -0.4 is 5.73 Å². The maximum Gasteiger partial charge on any atom is 0.118 e. The first-order chi connectivity index (χ1) is 6.43. The molecule has 0 amide bonds. The summed E-state index contributed by atoms with van der Waals surface area (Å²) in [7, 11) is 0. The van der Waals surface area contributed by atoms with Crippen LogP contribution in [0.3, 0.4) is 0 Å². The fourth-order valence-corrected chi connectivity index (χ4v) is 2.31. The number of hydrogen-bond donors (Lipinski definition) is 1.